The number of amides is 2. The van der Waals surface area contributed by atoms with Gasteiger partial charge in [0.15, 0.2) is 0 Å². The van der Waals surface area contributed by atoms with Crippen LogP contribution >= 0.6 is 21.6 Å². The first-order valence-electron chi connectivity index (χ1n) is 7.98. The Balaban J connectivity index is 4.85. The van der Waals surface area contributed by atoms with Crippen LogP contribution in [0.5, 0.6) is 0 Å². The van der Waals surface area contributed by atoms with Gasteiger partial charge in [-0.3, -0.25) is 4.79 Å². The monoisotopic (exact) mass is 364 g/mol. The van der Waals surface area contributed by atoms with Gasteiger partial charge in [-0.25, -0.2) is 4.79 Å². The average Bonchev–Trinajstić information content (AvgIpc) is 2.35. The van der Waals surface area contributed by atoms with E-state index in [1.54, 1.807) is 47.3 Å². The zero-order valence-electron chi connectivity index (χ0n) is 15.7. The Morgan fingerprint density at radius 2 is 1.61 bits per heavy atom. The molecule has 23 heavy (non-hydrogen) atoms. The number of rotatable bonds is 7. The third kappa shape index (κ3) is 10.8. The molecule has 5 nitrogen and oxygen atoms in total. The highest BCUT2D eigenvalue weighted by molar-refractivity contribution is 8.77. The summed E-state index contributed by atoms with van der Waals surface area (Å²) >= 11 is 0. The summed E-state index contributed by atoms with van der Waals surface area (Å²) in [5, 5.41) is 2.72. The molecule has 0 aromatic rings. The predicted octanol–water partition coefficient (Wildman–Crippen LogP) is 3.93. The molecule has 136 valence electrons. The normalized spacial score (nSPS) is 13.4. The van der Waals surface area contributed by atoms with Crippen LogP contribution in [0.1, 0.15) is 55.4 Å². The van der Waals surface area contributed by atoms with Crippen LogP contribution in [0.15, 0.2) is 0 Å². The van der Waals surface area contributed by atoms with Gasteiger partial charge in [-0.1, -0.05) is 42.4 Å². The lowest BCUT2D eigenvalue weighted by atomic mass is 10.2. The fourth-order valence-electron chi connectivity index (χ4n) is 1.66. The van der Waals surface area contributed by atoms with Crippen LogP contribution in [-0.2, 0) is 9.53 Å². The third-order valence-corrected chi connectivity index (χ3v) is 5.96. The Morgan fingerprint density at radius 1 is 1.09 bits per heavy atom. The second kappa shape index (κ2) is 9.67. The molecule has 0 aliphatic carbocycles. The molecule has 0 saturated carbocycles. The maximum Gasteiger partial charge on any atom is 0.408 e. The summed E-state index contributed by atoms with van der Waals surface area (Å²) in [6.07, 6.45) is -0.552. The van der Waals surface area contributed by atoms with Gasteiger partial charge in [-0.05, 0) is 34.6 Å². The van der Waals surface area contributed by atoms with Gasteiger partial charge in [0, 0.05) is 23.6 Å². The highest BCUT2D eigenvalue weighted by Gasteiger charge is 2.27. The molecule has 2 amide bonds. The second-order valence-corrected chi connectivity index (χ2v) is 10.4. The van der Waals surface area contributed by atoms with Crippen molar-refractivity contribution in [3.8, 4) is 0 Å². The zero-order valence-corrected chi connectivity index (χ0v) is 17.3. The molecule has 0 bridgehead atoms. The van der Waals surface area contributed by atoms with Gasteiger partial charge < -0.3 is 15.0 Å². The smallest absolute Gasteiger partial charge is 0.408 e. The molecule has 0 aliphatic rings. The molecule has 1 unspecified atom stereocenters. The Kier molecular flexibility index (Phi) is 9.43. The summed E-state index contributed by atoms with van der Waals surface area (Å²) in [7, 11) is 3.29. The zero-order chi connectivity index (χ0) is 18.3. The molecule has 1 atom stereocenters. The number of alkyl carbamates (subject to hydrolysis) is 1. The summed E-state index contributed by atoms with van der Waals surface area (Å²) in [4.78, 5) is 26.3. The summed E-state index contributed by atoms with van der Waals surface area (Å²) < 4.78 is 5.37. The van der Waals surface area contributed by atoms with E-state index in [0.717, 1.165) is 0 Å². The van der Waals surface area contributed by atoms with Crippen molar-refractivity contribution < 1.29 is 14.3 Å². The molecule has 0 fully saturated rings. The van der Waals surface area contributed by atoms with Crippen molar-refractivity contribution in [2.75, 3.05) is 18.8 Å². The van der Waals surface area contributed by atoms with Gasteiger partial charge in [0.1, 0.15) is 11.6 Å². The topological polar surface area (TPSA) is 58.6 Å². The summed E-state index contributed by atoms with van der Waals surface area (Å²) in [6.45, 7) is 16.9. The van der Waals surface area contributed by atoms with Crippen LogP contribution in [0.4, 0.5) is 4.79 Å². The highest BCUT2D eigenvalue weighted by Crippen LogP contribution is 2.35. The molecule has 7 heteroatoms. The summed E-state index contributed by atoms with van der Waals surface area (Å²) in [5.41, 5.74) is -0.583. The van der Waals surface area contributed by atoms with Crippen molar-refractivity contribution in [3.05, 3.63) is 0 Å². The molecular weight excluding hydrogens is 332 g/mol. The minimum Gasteiger partial charge on any atom is -0.444 e. The first-order valence-corrected chi connectivity index (χ1v) is 10.3. The predicted molar refractivity (Wildman–Crippen MR) is 101 cm³/mol. The molecule has 0 aromatic heterocycles. The van der Waals surface area contributed by atoms with E-state index in [4.69, 9.17) is 4.74 Å². The molecule has 0 spiro atoms. The molecule has 0 saturated heterocycles. The molecule has 0 aliphatic heterocycles. The Hall–Kier alpha value is -0.560. The lowest BCUT2D eigenvalue weighted by Crippen LogP contribution is -2.51. The van der Waals surface area contributed by atoms with E-state index in [9.17, 15) is 9.59 Å². The van der Waals surface area contributed by atoms with Gasteiger partial charge in [-0.15, -0.1) is 0 Å². The van der Waals surface area contributed by atoms with Crippen LogP contribution < -0.4 is 5.32 Å². The SMILES string of the molecule is CCN(CC)C(=O)C(CSSC(C)(C)C)NC(=O)OC(C)(C)C. The van der Waals surface area contributed by atoms with E-state index in [1.807, 2.05) is 13.8 Å². The van der Waals surface area contributed by atoms with Gasteiger partial charge in [0.2, 0.25) is 5.91 Å². The number of hydrogen-bond donors (Lipinski definition) is 1. The molecule has 0 aromatic carbocycles. The Bertz CT molecular complexity index is 386. The number of ether oxygens (including phenoxy) is 1. The van der Waals surface area contributed by atoms with E-state index >= 15 is 0 Å². The highest BCUT2D eigenvalue weighted by atomic mass is 33.1. The Morgan fingerprint density at radius 3 is 2.00 bits per heavy atom. The van der Waals surface area contributed by atoms with Gasteiger partial charge >= 0.3 is 6.09 Å². The number of carbonyl (C=O) groups is 2. The molecule has 0 heterocycles. The van der Waals surface area contributed by atoms with E-state index in [2.05, 4.69) is 26.1 Å². The van der Waals surface area contributed by atoms with Gasteiger partial charge in [0.25, 0.3) is 0 Å². The van der Waals surface area contributed by atoms with E-state index in [1.165, 1.54) is 0 Å². The van der Waals surface area contributed by atoms with Crippen molar-refractivity contribution in [1.82, 2.24) is 10.2 Å². The second-order valence-electron chi connectivity index (χ2n) is 7.19. The number of nitrogens with one attached hydrogen (secondary N) is 1. The Labute approximate surface area is 149 Å². The molecule has 0 rings (SSSR count). The minimum absolute atomic E-state index is 0.0668. The van der Waals surface area contributed by atoms with Crippen LogP contribution in [0.25, 0.3) is 0 Å². The van der Waals surface area contributed by atoms with Crippen molar-refractivity contribution in [2.45, 2.75) is 71.8 Å². The van der Waals surface area contributed by atoms with E-state index in [0.29, 0.717) is 18.8 Å². The average molecular weight is 365 g/mol. The third-order valence-electron chi connectivity index (χ3n) is 2.61. The molecular formula is C16H32N2O3S2. The number of hydrogen-bond acceptors (Lipinski definition) is 5. The van der Waals surface area contributed by atoms with Crippen molar-refractivity contribution in [2.24, 2.45) is 0 Å². The number of carbonyl (C=O) groups excluding carboxylic acids is 2. The fraction of sp³-hybridized carbons (Fsp3) is 0.875. The maximum absolute atomic E-state index is 12.6. The molecule has 0 radical (unpaired) electrons. The first kappa shape index (κ1) is 22.4. The van der Waals surface area contributed by atoms with Crippen LogP contribution in [0, 0.1) is 0 Å². The molecule has 1 N–H and O–H groups in total. The number of nitrogens with zero attached hydrogens (tertiary/aromatic N) is 1. The van der Waals surface area contributed by atoms with E-state index in [-0.39, 0.29) is 10.7 Å². The van der Waals surface area contributed by atoms with Crippen LogP contribution in [0.3, 0.4) is 0 Å². The van der Waals surface area contributed by atoms with Crippen molar-refractivity contribution in [3.63, 3.8) is 0 Å². The van der Waals surface area contributed by atoms with Gasteiger partial charge in [-0.2, -0.15) is 0 Å². The van der Waals surface area contributed by atoms with Crippen molar-refractivity contribution in [1.29, 1.82) is 0 Å². The van der Waals surface area contributed by atoms with Crippen LogP contribution in [0.2, 0.25) is 0 Å². The maximum atomic E-state index is 12.6. The summed E-state index contributed by atoms with van der Waals surface area (Å²) in [5.74, 6) is 0.444. The lowest BCUT2D eigenvalue weighted by Gasteiger charge is -2.27. The lowest BCUT2D eigenvalue weighted by molar-refractivity contribution is -0.132. The fourth-order valence-corrected chi connectivity index (χ4v) is 4.12. The largest absolute Gasteiger partial charge is 0.444 e. The quantitative estimate of drug-likeness (QED) is 0.694. The van der Waals surface area contributed by atoms with E-state index < -0.39 is 17.7 Å². The summed E-state index contributed by atoms with van der Waals surface area (Å²) in [6, 6.07) is -0.579. The number of likely N-dealkylation sites (N-methyl/N-ethyl adjacent to an activating group) is 1. The first-order chi connectivity index (χ1) is 10.4. The van der Waals surface area contributed by atoms with Crippen molar-refractivity contribution >= 4 is 33.6 Å². The van der Waals surface area contributed by atoms with Gasteiger partial charge in [0.05, 0.1) is 0 Å². The standard InChI is InChI=1S/C16H32N2O3S2/c1-9-18(10-2)13(19)12(11-22-23-16(6,7)8)17-14(20)21-15(3,4)5/h12H,9-11H2,1-8H3,(H,17,20). The van der Waals surface area contributed by atoms with Crippen LogP contribution in [-0.4, -0.2) is 52.1 Å². The minimum atomic E-state index is -0.583.